The third kappa shape index (κ3) is 4.25. The van der Waals surface area contributed by atoms with Crippen LogP contribution in [-0.2, 0) is 21.7 Å². The van der Waals surface area contributed by atoms with Crippen molar-refractivity contribution in [1.29, 1.82) is 0 Å². The van der Waals surface area contributed by atoms with Crippen LogP contribution in [0.25, 0.3) is 22.3 Å². The lowest BCUT2D eigenvalue weighted by atomic mass is 9.26. The van der Waals surface area contributed by atoms with Gasteiger partial charge in [-0.3, -0.25) is 0 Å². The Balaban J connectivity index is 1.05. The third-order valence-corrected chi connectivity index (χ3v) is 19.0. The average Bonchev–Trinajstić information content (AvgIpc) is 3.85. The SMILES string of the molecule is CC1(C)CCC(C)(C)c2c(-c3ccccc3N(c3ccc4c(c3)C(C)(C)c3ccccc3-4)c3ccc4c(c3)C3(c5ccccc5S4)C4CC5CC6CC3C64C5)cccc21. The second-order valence-electron chi connectivity index (χ2n) is 21.6. The third-order valence-electron chi connectivity index (χ3n) is 17.8. The number of fused-ring (bicyclic) bond motifs is 11. The van der Waals surface area contributed by atoms with Crippen LogP contribution in [-0.4, -0.2) is 0 Å². The smallest absolute Gasteiger partial charge is 0.0540 e. The predicted molar refractivity (Wildman–Crippen MR) is 246 cm³/mol. The molecule has 13 rings (SSSR count). The largest absolute Gasteiger partial charge is 0.310 e. The molecule has 1 nitrogen and oxygen atoms in total. The number of hydrogen-bond donors (Lipinski definition) is 0. The number of benzene rings is 6. The maximum absolute atomic E-state index is 2.70. The molecule has 0 saturated heterocycles. The highest BCUT2D eigenvalue weighted by atomic mass is 32.2. The quantitative estimate of drug-likeness (QED) is 0.175. The molecule has 6 unspecified atom stereocenters. The van der Waals surface area contributed by atoms with Gasteiger partial charge in [0.05, 0.1) is 5.69 Å². The highest BCUT2D eigenvalue weighted by molar-refractivity contribution is 7.99. The number of anilines is 3. The van der Waals surface area contributed by atoms with Crippen molar-refractivity contribution in [2.75, 3.05) is 4.90 Å². The van der Waals surface area contributed by atoms with Crippen LogP contribution >= 0.6 is 11.8 Å². The first-order valence-electron chi connectivity index (χ1n) is 22.6. The second-order valence-corrected chi connectivity index (χ2v) is 22.7. The van der Waals surface area contributed by atoms with Gasteiger partial charge in [-0.05, 0) is 171 Å². The lowest BCUT2D eigenvalue weighted by molar-refractivity contribution is -0.235. The summed E-state index contributed by atoms with van der Waals surface area (Å²) in [7, 11) is 0. The summed E-state index contributed by atoms with van der Waals surface area (Å²) >= 11 is 2.02. The maximum atomic E-state index is 2.70. The molecule has 7 aliphatic rings. The van der Waals surface area contributed by atoms with Crippen molar-refractivity contribution in [3.8, 4) is 22.3 Å². The first-order valence-corrected chi connectivity index (χ1v) is 23.5. The molecule has 4 fully saturated rings. The highest BCUT2D eigenvalue weighted by Crippen LogP contribution is 2.89. The molecule has 6 aromatic carbocycles. The lowest BCUT2D eigenvalue weighted by Gasteiger charge is -2.78. The van der Waals surface area contributed by atoms with Gasteiger partial charge in [0.15, 0.2) is 0 Å². The highest BCUT2D eigenvalue weighted by Gasteiger charge is 2.84. The lowest BCUT2D eigenvalue weighted by Crippen LogP contribution is -2.74. The number of nitrogens with zero attached hydrogens (tertiary/aromatic N) is 1. The minimum atomic E-state index is -0.0930. The van der Waals surface area contributed by atoms with Crippen molar-refractivity contribution < 1.29 is 0 Å². The van der Waals surface area contributed by atoms with Crippen LogP contribution in [0, 0.1) is 29.1 Å². The van der Waals surface area contributed by atoms with E-state index in [0.29, 0.717) is 5.41 Å². The van der Waals surface area contributed by atoms with Crippen molar-refractivity contribution in [2.24, 2.45) is 29.1 Å². The first-order chi connectivity index (χ1) is 28.4. The molecule has 59 heavy (non-hydrogen) atoms. The van der Waals surface area contributed by atoms with Gasteiger partial charge in [-0.15, -0.1) is 0 Å². The zero-order valence-electron chi connectivity index (χ0n) is 35.5. The summed E-state index contributed by atoms with van der Waals surface area (Å²) in [6.45, 7) is 14.7. The van der Waals surface area contributed by atoms with Crippen LogP contribution in [0.2, 0.25) is 0 Å². The molecular formula is C57H55NS. The molecule has 2 bridgehead atoms. The van der Waals surface area contributed by atoms with E-state index in [2.05, 4.69) is 174 Å². The van der Waals surface area contributed by atoms with Gasteiger partial charge >= 0.3 is 0 Å². The number of para-hydroxylation sites is 1. The molecule has 0 N–H and O–H groups in total. The van der Waals surface area contributed by atoms with Gasteiger partial charge in [0.2, 0.25) is 0 Å². The standard InChI is InChI=1S/C57H55NS/c1-53(2)26-27-54(3,4)52-41(16-13-19-44(52)53)40-15-8-11-20-47(40)58(36-22-24-39-38-14-7-9-17-42(38)55(5,6)45(39)31-36)37-23-25-49-46(32-37)57(43-18-10-12-21-48(43)59-49)50-29-34-28-35-30-51(57)56(35,50)33-34/h7-25,31-32,34-35,50-51H,26-30,33H2,1-6H3. The van der Waals surface area contributed by atoms with E-state index in [1.807, 2.05) is 11.8 Å². The van der Waals surface area contributed by atoms with E-state index in [4.69, 9.17) is 0 Å². The van der Waals surface area contributed by atoms with Gasteiger partial charge in [-0.1, -0.05) is 138 Å². The molecular weight excluding hydrogens is 731 g/mol. The first kappa shape index (κ1) is 35.2. The van der Waals surface area contributed by atoms with Crippen LogP contribution in [0.1, 0.15) is 113 Å². The Bertz CT molecular complexity index is 2800. The fourth-order valence-electron chi connectivity index (χ4n) is 15.3. The van der Waals surface area contributed by atoms with Gasteiger partial charge in [0.25, 0.3) is 0 Å². The number of rotatable bonds is 4. The Kier molecular flexibility index (Phi) is 6.83. The summed E-state index contributed by atoms with van der Waals surface area (Å²) in [5.41, 5.74) is 19.2. The fourth-order valence-corrected chi connectivity index (χ4v) is 16.5. The fraction of sp³-hybridized carbons (Fsp3) is 0.368. The molecule has 4 saturated carbocycles. The summed E-state index contributed by atoms with van der Waals surface area (Å²) in [4.78, 5) is 5.64. The van der Waals surface area contributed by atoms with Gasteiger partial charge in [0.1, 0.15) is 0 Å². The Morgan fingerprint density at radius 1 is 0.508 bits per heavy atom. The Labute approximate surface area is 355 Å². The Hall–Kier alpha value is -4.53. The van der Waals surface area contributed by atoms with Crippen molar-refractivity contribution in [3.63, 3.8) is 0 Å². The van der Waals surface area contributed by atoms with E-state index in [1.165, 1.54) is 110 Å². The topological polar surface area (TPSA) is 3.24 Å². The van der Waals surface area contributed by atoms with E-state index < -0.39 is 0 Å². The monoisotopic (exact) mass is 785 g/mol. The molecule has 294 valence electrons. The van der Waals surface area contributed by atoms with E-state index in [0.717, 1.165) is 23.7 Å². The maximum Gasteiger partial charge on any atom is 0.0540 e. The zero-order chi connectivity index (χ0) is 39.8. The van der Waals surface area contributed by atoms with Gasteiger partial charge in [0, 0.05) is 37.6 Å². The van der Waals surface area contributed by atoms with E-state index in [9.17, 15) is 0 Å². The van der Waals surface area contributed by atoms with Crippen LogP contribution in [0.4, 0.5) is 17.1 Å². The van der Waals surface area contributed by atoms with Crippen LogP contribution in [0.15, 0.2) is 137 Å². The minimum Gasteiger partial charge on any atom is -0.310 e. The summed E-state index contributed by atoms with van der Waals surface area (Å²) < 4.78 is 0. The van der Waals surface area contributed by atoms with Gasteiger partial charge in [-0.25, -0.2) is 0 Å². The van der Waals surface area contributed by atoms with E-state index in [1.54, 1.807) is 11.1 Å². The molecule has 1 aliphatic heterocycles. The van der Waals surface area contributed by atoms with Crippen LogP contribution < -0.4 is 4.90 Å². The number of hydrogen-bond acceptors (Lipinski definition) is 2. The molecule has 6 atom stereocenters. The molecule has 2 heteroatoms. The van der Waals surface area contributed by atoms with Gasteiger partial charge in [-0.2, -0.15) is 0 Å². The van der Waals surface area contributed by atoms with E-state index >= 15 is 0 Å². The minimum absolute atomic E-state index is 0.0764. The summed E-state index contributed by atoms with van der Waals surface area (Å²) in [6, 6.07) is 50.2. The Morgan fingerprint density at radius 2 is 1.14 bits per heavy atom. The molecule has 0 radical (unpaired) electrons. The van der Waals surface area contributed by atoms with Crippen molar-refractivity contribution in [2.45, 2.75) is 112 Å². The van der Waals surface area contributed by atoms with Gasteiger partial charge < -0.3 is 4.90 Å². The van der Waals surface area contributed by atoms with Crippen molar-refractivity contribution in [3.05, 3.63) is 161 Å². The molecule has 0 aromatic heterocycles. The molecule has 6 aliphatic carbocycles. The van der Waals surface area contributed by atoms with Crippen LogP contribution in [0.5, 0.6) is 0 Å². The summed E-state index contributed by atoms with van der Waals surface area (Å²) in [6.07, 6.45) is 8.20. The Morgan fingerprint density at radius 3 is 1.97 bits per heavy atom. The molecule has 6 aromatic rings. The normalized spacial score (nSPS) is 29.6. The summed E-state index contributed by atoms with van der Waals surface area (Å²) in [5, 5.41) is 0. The van der Waals surface area contributed by atoms with Crippen LogP contribution in [0.3, 0.4) is 0 Å². The van der Waals surface area contributed by atoms with E-state index in [-0.39, 0.29) is 21.7 Å². The molecule has 0 amide bonds. The molecule has 2 spiro atoms. The predicted octanol–water partition coefficient (Wildman–Crippen LogP) is 15.3. The second kappa shape index (κ2) is 11.4. The molecule has 1 heterocycles. The average molecular weight is 786 g/mol. The van der Waals surface area contributed by atoms with Crippen molar-refractivity contribution in [1.82, 2.24) is 0 Å². The van der Waals surface area contributed by atoms with Crippen molar-refractivity contribution >= 4 is 28.8 Å². The zero-order valence-corrected chi connectivity index (χ0v) is 36.3. The summed E-state index contributed by atoms with van der Waals surface area (Å²) in [5.74, 6) is 3.41.